The Labute approximate surface area is 128 Å². The summed E-state index contributed by atoms with van der Waals surface area (Å²) in [6.45, 7) is 0. The highest BCUT2D eigenvalue weighted by molar-refractivity contribution is 9.10. The molecule has 0 spiro atoms. The highest BCUT2D eigenvalue weighted by Crippen LogP contribution is 2.41. The number of hydrogen-bond acceptors (Lipinski definition) is 2. The molecule has 0 bridgehead atoms. The van der Waals surface area contributed by atoms with Gasteiger partial charge in [0.2, 0.25) is 0 Å². The summed E-state index contributed by atoms with van der Waals surface area (Å²) >= 11 is 9.88. The third kappa shape index (κ3) is 1.51. The molecule has 4 heteroatoms. The van der Waals surface area contributed by atoms with Crippen molar-refractivity contribution in [3.8, 4) is 11.3 Å². The van der Waals surface area contributed by atoms with Crippen molar-refractivity contribution in [3.05, 3.63) is 63.1 Å². The Bertz CT molecular complexity index is 904. The Morgan fingerprint density at radius 3 is 2.60 bits per heavy atom. The normalized spacial score (nSPS) is 12.6. The predicted octanol–water partition coefficient (Wildman–Crippen LogP) is 4.86. The van der Waals surface area contributed by atoms with Crippen LogP contribution in [0.2, 0.25) is 5.02 Å². The van der Waals surface area contributed by atoms with Gasteiger partial charge in [0.15, 0.2) is 5.78 Å². The molecule has 3 aromatic rings. The van der Waals surface area contributed by atoms with E-state index in [1.54, 1.807) is 0 Å². The van der Waals surface area contributed by atoms with Crippen LogP contribution in [-0.4, -0.2) is 10.8 Å². The average molecular weight is 345 g/mol. The Balaban J connectivity index is 2.17. The minimum Gasteiger partial charge on any atom is -0.288 e. The second-order valence-electron chi connectivity index (χ2n) is 4.69. The van der Waals surface area contributed by atoms with Crippen molar-refractivity contribution in [2.75, 3.05) is 0 Å². The summed E-state index contributed by atoms with van der Waals surface area (Å²) in [5.41, 5.74) is 3.52. The van der Waals surface area contributed by atoms with E-state index in [-0.39, 0.29) is 5.78 Å². The Morgan fingerprint density at radius 2 is 1.80 bits per heavy atom. The maximum atomic E-state index is 12.5. The van der Waals surface area contributed by atoms with Crippen molar-refractivity contribution in [1.29, 1.82) is 0 Å². The van der Waals surface area contributed by atoms with E-state index in [0.29, 0.717) is 21.8 Å². The molecule has 0 saturated carbocycles. The molecule has 1 heterocycles. The van der Waals surface area contributed by atoms with Gasteiger partial charge in [0, 0.05) is 21.0 Å². The van der Waals surface area contributed by atoms with Gasteiger partial charge in [-0.3, -0.25) is 4.79 Å². The van der Waals surface area contributed by atoms with Gasteiger partial charge in [-0.2, -0.15) is 0 Å². The van der Waals surface area contributed by atoms with Crippen molar-refractivity contribution in [2.24, 2.45) is 0 Å². The van der Waals surface area contributed by atoms with Crippen molar-refractivity contribution in [3.63, 3.8) is 0 Å². The summed E-state index contributed by atoms with van der Waals surface area (Å²) in [4.78, 5) is 17.1. The molecule has 0 amide bonds. The van der Waals surface area contributed by atoms with E-state index < -0.39 is 0 Å². The topological polar surface area (TPSA) is 30.0 Å². The van der Waals surface area contributed by atoms with Gasteiger partial charge in [-0.05, 0) is 18.2 Å². The summed E-state index contributed by atoms with van der Waals surface area (Å²) < 4.78 is 0.914. The minimum absolute atomic E-state index is 0.0463. The molecule has 0 unspecified atom stereocenters. The zero-order chi connectivity index (χ0) is 13.9. The van der Waals surface area contributed by atoms with Gasteiger partial charge in [0.05, 0.1) is 21.8 Å². The van der Waals surface area contributed by atoms with Crippen molar-refractivity contribution in [2.45, 2.75) is 0 Å². The fourth-order valence-electron chi connectivity index (χ4n) is 2.62. The molecular formula is C16H7BrClNO. The van der Waals surface area contributed by atoms with Gasteiger partial charge in [-0.25, -0.2) is 4.98 Å². The molecule has 0 radical (unpaired) electrons. The van der Waals surface area contributed by atoms with Crippen LogP contribution in [0.15, 0.2) is 46.9 Å². The van der Waals surface area contributed by atoms with Crippen LogP contribution in [-0.2, 0) is 0 Å². The fraction of sp³-hybridized carbons (Fsp3) is 0. The highest BCUT2D eigenvalue weighted by Gasteiger charge is 2.31. The number of hydrogen-bond donors (Lipinski definition) is 0. The van der Waals surface area contributed by atoms with E-state index >= 15 is 0 Å². The summed E-state index contributed by atoms with van der Waals surface area (Å²) in [7, 11) is 0. The van der Waals surface area contributed by atoms with Gasteiger partial charge in [0.25, 0.3) is 0 Å². The summed E-state index contributed by atoms with van der Waals surface area (Å²) in [5.74, 6) is -0.0463. The van der Waals surface area contributed by atoms with Gasteiger partial charge < -0.3 is 0 Å². The molecule has 0 saturated heterocycles. The number of fused-ring (bicyclic) bond motifs is 4. The number of carbonyl (C=O) groups is 1. The molecule has 96 valence electrons. The smallest absolute Gasteiger partial charge is 0.197 e. The van der Waals surface area contributed by atoms with Crippen LogP contribution in [0.1, 0.15) is 15.9 Å². The quantitative estimate of drug-likeness (QED) is 0.456. The van der Waals surface area contributed by atoms with Crippen LogP contribution in [0, 0.1) is 0 Å². The first-order chi connectivity index (χ1) is 9.66. The Morgan fingerprint density at radius 1 is 1.05 bits per heavy atom. The number of carbonyl (C=O) groups excluding carboxylic acids is 1. The van der Waals surface area contributed by atoms with E-state index in [1.165, 1.54) is 0 Å². The molecule has 1 aliphatic rings. The first-order valence-corrected chi connectivity index (χ1v) is 7.27. The van der Waals surface area contributed by atoms with Gasteiger partial charge >= 0.3 is 0 Å². The molecule has 1 aliphatic carbocycles. The standard InChI is InChI=1S/C16H7BrClNO/c17-8-5-6-12-11(7-8)14(18)13-15(19-12)9-3-1-2-4-10(9)16(13)20/h1-7H. The second kappa shape index (κ2) is 4.14. The monoisotopic (exact) mass is 343 g/mol. The van der Waals surface area contributed by atoms with Crippen LogP contribution < -0.4 is 0 Å². The Kier molecular flexibility index (Phi) is 2.50. The third-order valence-electron chi connectivity index (χ3n) is 3.54. The van der Waals surface area contributed by atoms with E-state index in [0.717, 1.165) is 20.9 Å². The lowest BCUT2D eigenvalue weighted by Gasteiger charge is -2.06. The Hall–Kier alpha value is -1.71. The summed E-state index contributed by atoms with van der Waals surface area (Å²) in [5, 5.41) is 1.27. The largest absolute Gasteiger partial charge is 0.288 e. The molecular weight excluding hydrogens is 338 g/mol. The van der Waals surface area contributed by atoms with Gasteiger partial charge in [-0.15, -0.1) is 0 Å². The minimum atomic E-state index is -0.0463. The molecule has 2 nitrogen and oxygen atoms in total. The average Bonchev–Trinajstić information content (AvgIpc) is 2.74. The molecule has 0 fully saturated rings. The lowest BCUT2D eigenvalue weighted by atomic mass is 10.1. The maximum Gasteiger partial charge on any atom is 0.197 e. The van der Waals surface area contributed by atoms with Crippen LogP contribution in [0.3, 0.4) is 0 Å². The van der Waals surface area contributed by atoms with Crippen LogP contribution in [0.25, 0.3) is 22.2 Å². The van der Waals surface area contributed by atoms with E-state index in [1.807, 2.05) is 42.5 Å². The lowest BCUT2D eigenvalue weighted by Crippen LogP contribution is -1.97. The molecule has 1 aromatic heterocycles. The maximum absolute atomic E-state index is 12.5. The van der Waals surface area contributed by atoms with Crippen molar-refractivity contribution in [1.82, 2.24) is 4.98 Å². The summed E-state index contributed by atoms with van der Waals surface area (Å²) in [6.07, 6.45) is 0. The van der Waals surface area contributed by atoms with Crippen LogP contribution in [0.5, 0.6) is 0 Å². The van der Waals surface area contributed by atoms with Gasteiger partial charge in [0.1, 0.15) is 0 Å². The third-order valence-corrected chi connectivity index (χ3v) is 4.42. The number of benzene rings is 2. The molecule has 0 N–H and O–H groups in total. The van der Waals surface area contributed by atoms with E-state index in [9.17, 15) is 4.79 Å². The molecule has 4 rings (SSSR count). The molecule has 20 heavy (non-hydrogen) atoms. The number of pyridine rings is 1. The lowest BCUT2D eigenvalue weighted by molar-refractivity contribution is 0.104. The number of rotatable bonds is 0. The van der Waals surface area contributed by atoms with E-state index in [2.05, 4.69) is 20.9 Å². The SMILES string of the molecule is O=C1c2ccccc2-c2nc3ccc(Br)cc3c(Cl)c21. The highest BCUT2D eigenvalue weighted by atomic mass is 79.9. The first kappa shape index (κ1) is 12.1. The first-order valence-electron chi connectivity index (χ1n) is 6.09. The van der Waals surface area contributed by atoms with Crippen LogP contribution >= 0.6 is 27.5 Å². The van der Waals surface area contributed by atoms with Crippen LogP contribution in [0.4, 0.5) is 0 Å². The number of halogens is 2. The van der Waals surface area contributed by atoms with E-state index in [4.69, 9.17) is 11.6 Å². The summed E-state index contributed by atoms with van der Waals surface area (Å²) in [6, 6.07) is 13.2. The zero-order valence-corrected chi connectivity index (χ0v) is 12.5. The molecule has 0 aliphatic heterocycles. The number of ketones is 1. The predicted molar refractivity (Wildman–Crippen MR) is 83.3 cm³/mol. The second-order valence-corrected chi connectivity index (χ2v) is 5.98. The fourth-order valence-corrected chi connectivity index (χ4v) is 3.31. The van der Waals surface area contributed by atoms with Crippen molar-refractivity contribution < 1.29 is 4.79 Å². The van der Waals surface area contributed by atoms with Crippen molar-refractivity contribution >= 4 is 44.2 Å². The molecule has 2 aromatic carbocycles. The van der Waals surface area contributed by atoms with Gasteiger partial charge in [-0.1, -0.05) is 51.8 Å². The number of aromatic nitrogens is 1. The zero-order valence-electron chi connectivity index (χ0n) is 10.2. The number of nitrogens with zero attached hydrogens (tertiary/aromatic N) is 1. The molecule has 0 atom stereocenters.